The molecule has 0 spiro atoms. The summed E-state index contributed by atoms with van der Waals surface area (Å²) < 4.78 is 0. The highest BCUT2D eigenvalue weighted by molar-refractivity contribution is 5.80. The topological polar surface area (TPSA) is 92.9 Å². The van der Waals surface area contributed by atoms with E-state index in [0.29, 0.717) is 11.6 Å². The Kier molecular flexibility index (Phi) is 3.84. The van der Waals surface area contributed by atoms with Crippen molar-refractivity contribution in [3.63, 3.8) is 0 Å². The second-order valence-electron chi connectivity index (χ2n) is 3.40. The molecule has 6 nitrogen and oxygen atoms in total. The zero-order valence-corrected chi connectivity index (χ0v) is 8.82. The molecular formula is C9H15N5O. The van der Waals surface area contributed by atoms with Gasteiger partial charge < -0.3 is 16.4 Å². The van der Waals surface area contributed by atoms with Crippen molar-refractivity contribution in [3.8, 4) is 0 Å². The molecule has 1 amide bonds. The fourth-order valence-electron chi connectivity index (χ4n) is 1.01. The van der Waals surface area contributed by atoms with E-state index in [1.807, 2.05) is 13.8 Å². The zero-order valence-electron chi connectivity index (χ0n) is 8.82. The van der Waals surface area contributed by atoms with Crippen molar-refractivity contribution in [1.82, 2.24) is 15.3 Å². The van der Waals surface area contributed by atoms with Crippen LogP contribution in [0.2, 0.25) is 0 Å². The summed E-state index contributed by atoms with van der Waals surface area (Å²) in [5.41, 5.74) is 5.45. The number of anilines is 2. The predicted molar refractivity (Wildman–Crippen MR) is 58.2 cm³/mol. The summed E-state index contributed by atoms with van der Waals surface area (Å²) in [6, 6.07) is 1.71. The van der Waals surface area contributed by atoms with Gasteiger partial charge >= 0.3 is 0 Å². The summed E-state index contributed by atoms with van der Waals surface area (Å²) in [7, 11) is 0. The number of nitrogens with one attached hydrogen (secondary N) is 2. The van der Waals surface area contributed by atoms with Crippen molar-refractivity contribution in [2.75, 3.05) is 17.6 Å². The van der Waals surface area contributed by atoms with E-state index in [1.165, 1.54) is 6.33 Å². The summed E-state index contributed by atoms with van der Waals surface area (Å²) in [4.78, 5) is 18.9. The molecule has 0 atom stereocenters. The van der Waals surface area contributed by atoms with Crippen LogP contribution in [0.3, 0.4) is 0 Å². The van der Waals surface area contributed by atoms with Crippen LogP contribution in [0.5, 0.6) is 0 Å². The van der Waals surface area contributed by atoms with Gasteiger partial charge in [-0.3, -0.25) is 4.79 Å². The Morgan fingerprint density at radius 3 is 2.87 bits per heavy atom. The van der Waals surface area contributed by atoms with Crippen LogP contribution in [0.1, 0.15) is 13.8 Å². The van der Waals surface area contributed by atoms with Gasteiger partial charge in [0.1, 0.15) is 18.0 Å². The van der Waals surface area contributed by atoms with Crippen LogP contribution in [0.4, 0.5) is 11.6 Å². The average molecular weight is 209 g/mol. The van der Waals surface area contributed by atoms with Crippen LogP contribution in [0, 0.1) is 0 Å². The Morgan fingerprint density at radius 2 is 2.27 bits per heavy atom. The molecule has 82 valence electrons. The van der Waals surface area contributed by atoms with Gasteiger partial charge in [-0.05, 0) is 13.8 Å². The highest BCUT2D eigenvalue weighted by atomic mass is 16.1. The van der Waals surface area contributed by atoms with Crippen molar-refractivity contribution in [2.45, 2.75) is 19.9 Å². The lowest BCUT2D eigenvalue weighted by Crippen LogP contribution is -2.34. The number of aromatic nitrogens is 2. The summed E-state index contributed by atoms with van der Waals surface area (Å²) in [6.45, 7) is 3.98. The van der Waals surface area contributed by atoms with Crippen molar-refractivity contribution >= 4 is 17.5 Å². The van der Waals surface area contributed by atoms with Gasteiger partial charge in [0.15, 0.2) is 0 Å². The van der Waals surface area contributed by atoms with E-state index in [4.69, 9.17) is 5.73 Å². The molecule has 0 saturated heterocycles. The molecular weight excluding hydrogens is 194 g/mol. The number of carbonyl (C=O) groups excluding carboxylic acids is 1. The van der Waals surface area contributed by atoms with E-state index in [9.17, 15) is 4.79 Å². The number of hydrogen-bond donors (Lipinski definition) is 3. The normalized spacial score (nSPS) is 10.1. The Balaban J connectivity index is 2.40. The molecule has 1 heterocycles. The molecule has 0 radical (unpaired) electrons. The number of nitrogen functional groups attached to an aromatic ring is 1. The van der Waals surface area contributed by atoms with Crippen molar-refractivity contribution in [1.29, 1.82) is 0 Å². The minimum absolute atomic E-state index is 0.0813. The summed E-state index contributed by atoms with van der Waals surface area (Å²) in [6.07, 6.45) is 1.35. The molecule has 0 aliphatic heterocycles. The van der Waals surface area contributed by atoms with Gasteiger partial charge in [0.05, 0.1) is 6.54 Å². The molecule has 0 unspecified atom stereocenters. The molecule has 4 N–H and O–H groups in total. The summed E-state index contributed by atoms with van der Waals surface area (Å²) in [5.74, 6) is 0.834. The van der Waals surface area contributed by atoms with Gasteiger partial charge in [-0.15, -0.1) is 0 Å². The van der Waals surface area contributed by atoms with Gasteiger partial charge in [-0.25, -0.2) is 9.97 Å². The second kappa shape index (κ2) is 5.14. The first-order valence-corrected chi connectivity index (χ1v) is 4.68. The first-order chi connectivity index (χ1) is 7.08. The maximum Gasteiger partial charge on any atom is 0.239 e. The number of nitrogens with zero attached hydrogens (tertiary/aromatic N) is 2. The van der Waals surface area contributed by atoms with Crippen LogP contribution in [-0.2, 0) is 4.79 Å². The third-order valence-electron chi connectivity index (χ3n) is 1.57. The molecule has 1 rings (SSSR count). The lowest BCUT2D eigenvalue weighted by Gasteiger charge is -2.09. The zero-order chi connectivity index (χ0) is 11.3. The van der Waals surface area contributed by atoms with Gasteiger partial charge in [-0.2, -0.15) is 0 Å². The Morgan fingerprint density at radius 1 is 1.53 bits per heavy atom. The second-order valence-corrected chi connectivity index (χ2v) is 3.40. The van der Waals surface area contributed by atoms with E-state index < -0.39 is 0 Å². The maximum atomic E-state index is 11.3. The molecule has 0 aliphatic rings. The number of hydrogen-bond acceptors (Lipinski definition) is 5. The van der Waals surface area contributed by atoms with Crippen LogP contribution < -0.4 is 16.4 Å². The van der Waals surface area contributed by atoms with Crippen LogP contribution in [-0.4, -0.2) is 28.5 Å². The molecule has 6 heteroatoms. The quantitative estimate of drug-likeness (QED) is 0.648. The fraction of sp³-hybridized carbons (Fsp3) is 0.444. The largest absolute Gasteiger partial charge is 0.384 e. The van der Waals surface area contributed by atoms with Gasteiger partial charge in [0.25, 0.3) is 0 Å². The number of rotatable bonds is 4. The predicted octanol–water partition coefficient (Wildman–Crippen LogP) is -0.00470. The molecule has 1 aromatic heterocycles. The van der Waals surface area contributed by atoms with Crippen molar-refractivity contribution < 1.29 is 4.79 Å². The van der Waals surface area contributed by atoms with Gasteiger partial charge in [0.2, 0.25) is 5.91 Å². The van der Waals surface area contributed by atoms with Crippen LogP contribution in [0.25, 0.3) is 0 Å². The number of nitrogens with two attached hydrogens (primary N) is 1. The first kappa shape index (κ1) is 11.2. The van der Waals surface area contributed by atoms with E-state index in [-0.39, 0.29) is 18.5 Å². The van der Waals surface area contributed by atoms with Crippen LogP contribution >= 0.6 is 0 Å². The van der Waals surface area contributed by atoms with Crippen molar-refractivity contribution in [2.24, 2.45) is 0 Å². The molecule has 0 fully saturated rings. The lowest BCUT2D eigenvalue weighted by atomic mass is 10.4. The standard InChI is InChI=1S/C9H15N5O/c1-6(2)14-9(15)4-11-8-3-7(10)12-5-13-8/h3,5-6H,4H2,1-2H3,(H,14,15)(H3,10,11,12,13). The molecule has 0 aromatic carbocycles. The molecule has 1 aromatic rings. The third-order valence-corrected chi connectivity index (χ3v) is 1.57. The average Bonchev–Trinajstić information content (AvgIpc) is 2.14. The summed E-state index contributed by atoms with van der Waals surface area (Å²) >= 11 is 0. The van der Waals surface area contributed by atoms with E-state index >= 15 is 0 Å². The highest BCUT2D eigenvalue weighted by Crippen LogP contribution is 2.03. The van der Waals surface area contributed by atoms with E-state index in [1.54, 1.807) is 6.07 Å². The molecule has 0 aliphatic carbocycles. The fourth-order valence-corrected chi connectivity index (χ4v) is 1.01. The summed E-state index contributed by atoms with van der Waals surface area (Å²) in [5, 5.41) is 5.60. The molecule has 0 bridgehead atoms. The SMILES string of the molecule is CC(C)NC(=O)CNc1cc(N)ncn1. The Hall–Kier alpha value is -1.85. The van der Waals surface area contributed by atoms with Gasteiger partial charge in [-0.1, -0.05) is 0 Å². The maximum absolute atomic E-state index is 11.3. The number of carbonyl (C=O) groups is 1. The lowest BCUT2D eigenvalue weighted by molar-refractivity contribution is -0.119. The monoisotopic (exact) mass is 209 g/mol. The van der Waals surface area contributed by atoms with E-state index in [0.717, 1.165) is 0 Å². The minimum Gasteiger partial charge on any atom is -0.384 e. The highest BCUT2D eigenvalue weighted by Gasteiger charge is 2.03. The number of amides is 1. The van der Waals surface area contributed by atoms with Gasteiger partial charge in [0, 0.05) is 12.1 Å². The van der Waals surface area contributed by atoms with E-state index in [2.05, 4.69) is 20.6 Å². The Bertz CT molecular complexity index is 339. The minimum atomic E-state index is -0.0813. The third kappa shape index (κ3) is 4.26. The first-order valence-electron chi connectivity index (χ1n) is 4.68. The van der Waals surface area contributed by atoms with Crippen LogP contribution in [0.15, 0.2) is 12.4 Å². The Labute approximate surface area is 88.3 Å². The molecule has 15 heavy (non-hydrogen) atoms. The molecule has 0 saturated carbocycles. The smallest absolute Gasteiger partial charge is 0.239 e. The van der Waals surface area contributed by atoms with Crippen molar-refractivity contribution in [3.05, 3.63) is 12.4 Å².